The van der Waals surface area contributed by atoms with Gasteiger partial charge in [-0.15, -0.1) is 0 Å². The fraction of sp³-hybridized carbons (Fsp3) is 0. The molecule has 2 rings (SSSR count). The normalized spacial score (nSPS) is 10.2. The van der Waals surface area contributed by atoms with E-state index in [1.165, 1.54) is 36.4 Å². The van der Waals surface area contributed by atoms with Gasteiger partial charge in [-0.1, -0.05) is 17.7 Å². The Hall–Kier alpha value is -2.05. The van der Waals surface area contributed by atoms with Crippen LogP contribution in [0.25, 0.3) is 0 Å². The fourth-order valence-electron chi connectivity index (χ4n) is 1.67. The van der Waals surface area contributed by atoms with E-state index in [0.717, 1.165) is 0 Å². The molecular formula is C14H9BrClNO4. The van der Waals surface area contributed by atoms with Crippen LogP contribution in [0.2, 0.25) is 5.02 Å². The highest BCUT2D eigenvalue weighted by Gasteiger charge is 2.17. The van der Waals surface area contributed by atoms with Crippen LogP contribution in [0.4, 0.5) is 5.69 Å². The summed E-state index contributed by atoms with van der Waals surface area (Å²) in [6.07, 6.45) is 0. The monoisotopic (exact) mass is 369 g/mol. The molecule has 0 saturated carbocycles. The van der Waals surface area contributed by atoms with Crippen LogP contribution < -0.4 is 5.32 Å². The molecule has 2 aromatic rings. The van der Waals surface area contributed by atoms with Crippen molar-refractivity contribution in [3.8, 4) is 5.75 Å². The number of carboxylic acids is 1. The highest BCUT2D eigenvalue weighted by atomic mass is 79.9. The summed E-state index contributed by atoms with van der Waals surface area (Å²) in [6.45, 7) is 0. The molecule has 108 valence electrons. The third kappa shape index (κ3) is 3.34. The van der Waals surface area contributed by atoms with Crippen molar-refractivity contribution >= 4 is 45.1 Å². The van der Waals surface area contributed by atoms with Gasteiger partial charge < -0.3 is 15.5 Å². The van der Waals surface area contributed by atoms with Crippen molar-refractivity contribution < 1.29 is 19.8 Å². The van der Waals surface area contributed by atoms with Gasteiger partial charge >= 0.3 is 5.97 Å². The van der Waals surface area contributed by atoms with Crippen LogP contribution in [-0.4, -0.2) is 22.1 Å². The molecule has 0 unspecified atom stereocenters. The Balaban J connectivity index is 2.36. The van der Waals surface area contributed by atoms with Crippen molar-refractivity contribution in [2.75, 3.05) is 5.32 Å². The molecule has 0 aromatic heterocycles. The average Bonchev–Trinajstić information content (AvgIpc) is 2.43. The zero-order valence-electron chi connectivity index (χ0n) is 10.4. The number of phenols is 1. The smallest absolute Gasteiger partial charge is 0.337 e. The minimum Gasteiger partial charge on any atom is -0.507 e. The topological polar surface area (TPSA) is 86.6 Å². The zero-order chi connectivity index (χ0) is 15.6. The maximum Gasteiger partial charge on any atom is 0.337 e. The van der Waals surface area contributed by atoms with Gasteiger partial charge in [-0.05, 0) is 46.3 Å². The number of aromatic hydroxyl groups is 1. The van der Waals surface area contributed by atoms with E-state index in [9.17, 15) is 14.7 Å². The number of para-hydroxylation sites is 1. The summed E-state index contributed by atoms with van der Waals surface area (Å²) in [5.41, 5.74) is 0.0724. The molecule has 0 spiro atoms. The van der Waals surface area contributed by atoms with Gasteiger partial charge in [-0.2, -0.15) is 0 Å². The van der Waals surface area contributed by atoms with Crippen LogP contribution in [0.5, 0.6) is 5.75 Å². The number of hydrogen-bond donors (Lipinski definition) is 3. The van der Waals surface area contributed by atoms with Gasteiger partial charge in [-0.25, -0.2) is 4.79 Å². The SMILES string of the molecule is O=C(Nc1c(Cl)cccc1C(=O)O)c1ccc(Br)c(O)c1. The lowest BCUT2D eigenvalue weighted by atomic mass is 10.1. The third-order valence-electron chi connectivity index (χ3n) is 2.69. The number of anilines is 1. The Morgan fingerprint density at radius 1 is 1.19 bits per heavy atom. The molecule has 5 nitrogen and oxygen atoms in total. The minimum atomic E-state index is -1.20. The van der Waals surface area contributed by atoms with Gasteiger partial charge in [0.1, 0.15) is 5.75 Å². The first-order valence-electron chi connectivity index (χ1n) is 5.72. The Bertz CT molecular complexity index is 733. The van der Waals surface area contributed by atoms with Crippen molar-refractivity contribution in [3.63, 3.8) is 0 Å². The molecular weight excluding hydrogens is 362 g/mol. The first-order valence-corrected chi connectivity index (χ1v) is 6.89. The number of phenolic OH excluding ortho intramolecular Hbond substituents is 1. The number of rotatable bonds is 3. The van der Waals surface area contributed by atoms with E-state index in [0.29, 0.717) is 4.47 Å². The van der Waals surface area contributed by atoms with Gasteiger partial charge in [0.05, 0.1) is 20.7 Å². The number of halogens is 2. The van der Waals surface area contributed by atoms with Crippen molar-refractivity contribution in [2.24, 2.45) is 0 Å². The van der Waals surface area contributed by atoms with E-state index < -0.39 is 11.9 Å². The molecule has 2 aromatic carbocycles. The van der Waals surface area contributed by atoms with Crippen LogP contribution in [0.1, 0.15) is 20.7 Å². The summed E-state index contributed by atoms with van der Waals surface area (Å²) in [5, 5.41) is 21.2. The Morgan fingerprint density at radius 2 is 1.90 bits per heavy atom. The third-order valence-corrected chi connectivity index (χ3v) is 3.68. The molecule has 0 aliphatic rings. The number of aromatic carboxylic acids is 1. The van der Waals surface area contributed by atoms with E-state index in [4.69, 9.17) is 16.7 Å². The maximum atomic E-state index is 12.1. The number of carbonyl (C=O) groups is 2. The summed E-state index contributed by atoms with van der Waals surface area (Å²) < 4.78 is 0.447. The van der Waals surface area contributed by atoms with E-state index in [2.05, 4.69) is 21.2 Å². The Kier molecular flexibility index (Phi) is 4.50. The van der Waals surface area contributed by atoms with Crippen LogP contribution in [-0.2, 0) is 0 Å². The second-order valence-electron chi connectivity index (χ2n) is 4.09. The van der Waals surface area contributed by atoms with Gasteiger partial charge in [0.2, 0.25) is 0 Å². The number of carboxylic acid groups (broad SMARTS) is 1. The summed E-state index contributed by atoms with van der Waals surface area (Å²) in [6, 6.07) is 8.54. The predicted octanol–water partition coefficient (Wildman–Crippen LogP) is 3.76. The lowest BCUT2D eigenvalue weighted by Crippen LogP contribution is -2.15. The van der Waals surface area contributed by atoms with E-state index in [1.807, 2.05) is 0 Å². The lowest BCUT2D eigenvalue weighted by Gasteiger charge is -2.10. The molecule has 0 bridgehead atoms. The molecule has 0 aliphatic carbocycles. The lowest BCUT2D eigenvalue weighted by molar-refractivity contribution is 0.0698. The quantitative estimate of drug-likeness (QED) is 0.768. The van der Waals surface area contributed by atoms with Crippen molar-refractivity contribution in [1.29, 1.82) is 0 Å². The van der Waals surface area contributed by atoms with E-state index in [-0.39, 0.29) is 27.6 Å². The Labute approximate surface area is 133 Å². The first kappa shape index (κ1) is 15.3. The van der Waals surface area contributed by atoms with Crippen molar-refractivity contribution in [2.45, 2.75) is 0 Å². The molecule has 0 aliphatic heterocycles. The molecule has 7 heteroatoms. The fourth-order valence-corrected chi connectivity index (χ4v) is 2.14. The van der Waals surface area contributed by atoms with Crippen molar-refractivity contribution in [1.82, 2.24) is 0 Å². The van der Waals surface area contributed by atoms with Gasteiger partial charge in [0.25, 0.3) is 5.91 Å². The van der Waals surface area contributed by atoms with Crippen molar-refractivity contribution in [3.05, 3.63) is 57.0 Å². The minimum absolute atomic E-state index is 0.0130. The van der Waals surface area contributed by atoms with Crippen LogP contribution in [0.15, 0.2) is 40.9 Å². The van der Waals surface area contributed by atoms with Crippen LogP contribution >= 0.6 is 27.5 Å². The molecule has 0 atom stereocenters. The van der Waals surface area contributed by atoms with E-state index >= 15 is 0 Å². The van der Waals surface area contributed by atoms with Crippen LogP contribution in [0, 0.1) is 0 Å². The maximum absolute atomic E-state index is 12.1. The Morgan fingerprint density at radius 3 is 2.52 bits per heavy atom. The molecule has 0 heterocycles. The number of benzene rings is 2. The second kappa shape index (κ2) is 6.15. The summed E-state index contributed by atoms with van der Waals surface area (Å²) in [7, 11) is 0. The molecule has 0 saturated heterocycles. The number of hydrogen-bond acceptors (Lipinski definition) is 3. The summed E-state index contributed by atoms with van der Waals surface area (Å²) in [4.78, 5) is 23.3. The number of nitrogens with one attached hydrogen (secondary N) is 1. The summed E-state index contributed by atoms with van der Waals surface area (Å²) >= 11 is 9.03. The van der Waals surface area contributed by atoms with Gasteiger partial charge in [0, 0.05) is 5.56 Å². The molecule has 1 amide bonds. The highest BCUT2D eigenvalue weighted by Crippen LogP contribution is 2.28. The average molecular weight is 371 g/mol. The molecule has 21 heavy (non-hydrogen) atoms. The molecule has 0 radical (unpaired) electrons. The molecule has 0 fully saturated rings. The standard InChI is InChI=1S/C14H9BrClNO4/c15-9-5-4-7(6-11(9)18)13(19)17-12-8(14(20)21)2-1-3-10(12)16/h1-6,18H,(H,17,19)(H,20,21). The largest absolute Gasteiger partial charge is 0.507 e. The zero-order valence-corrected chi connectivity index (χ0v) is 12.8. The van der Waals surface area contributed by atoms with Crippen LogP contribution in [0.3, 0.4) is 0 Å². The summed E-state index contributed by atoms with van der Waals surface area (Å²) in [5.74, 6) is -1.87. The van der Waals surface area contributed by atoms with Gasteiger partial charge in [0.15, 0.2) is 0 Å². The van der Waals surface area contributed by atoms with E-state index in [1.54, 1.807) is 0 Å². The first-order chi connectivity index (χ1) is 9.90. The highest BCUT2D eigenvalue weighted by molar-refractivity contribution is 9.10. The second-order valence-corrected chi connectivity index (χ2v) is 5.35. The van der Waals surface area contributed by atoms with Gasteiger partial charge in [-0.3, -0.25) is 4.79 Å². The number of amides is 1. The molecule has 3 N–H and O–H groups in total. The number of carbonyl (C=O) groups excluding carboxylic acids is 1. The predicted molar refractivity (Wildman–Crippen MR) is 82.2 cm³/mol.